The molecule has 168 valence electrons. The third-order valence-electron chi connectivity index (χ3n) is 5.03. The first-order valence-corrected chi connectivity index (χ1v) is 10.6. The van der Waals surface area contributed by atoms with Crippen LogP contribution < -0.4 is 10.2 Å². The average molecular weight is 434 g/mol. The van der Waals surface area contributed by atoms with Gasteiger partial charge in [-0.3, -0.25) is 4.79 Å². The first kappa shape index (κ1) is 24.7. The fourth-order valence-corrected chi connectivity index (χ4v) is 3.25. The molecule has 2 aromatic rings. The summed E-state index contributed by atoms with van der Waals surface area (Å²) in [4.78, 5) is 26.9. The molecule has 0 saturated heterocycles. The summed E-state index contributed by atoms with van der Waals surface area (Å²) < 4.78 is 5.11. The van der Waals surface area contributed by atoms with Gasteiger partial charge in [0.1, 0.15) is 11.6 Å². The molecule has 0 aliphatic rings. The van der Waals surface area contributed by atoms with Crippen molar-refractivity contribution in [1.82, 2.24) is 0 Å². The standard InChI is InChI=1S/C26H31N3O3/c1-17(2)22-8-7-9-23(18(3)4)25(22)28-24(30)16-32-26(31)20(15-27)14-19-10-12-21(13-11-19)29(5)6/h7-14,17-18H,16H2,1-6H3,(H,28,30)/b20-14+. The van der Waals surface area contributed by atoms with Gasteiger partial charge in [-0.05, 0) is 46.7 Å². The van der Waals surface area contributed by atoms with Crippen LogP contribution in [0.3, 0.4) is 0 Å². The van der Waals surface area contributed by atoms with E-state index in [1.807, 2.05) is 67.5 Å². The molecular weight excluding hydrogens is 402 g/mol. The number of carbonyl (C=O) groups excluding carboxylic acids is 2. The molecule has 0 saturated carbocycles. The third kappa shape index (κ3) is 6.45. The van der Waals surface area contributed by atoms with Gasteiger partial charge in [0.15, 0.2) is 6.61 Å². The van der Waals surface area contributed by atoms with Crippen molar-refractivity contribution in [2.75, 3.05) is 30.9 Å². The van der Waals surface area contributed by atoms with Gasteiger partial charge in [-0.15, -0.1) is 0 Å². The molecule has 0 bridgehead atoms. The number of carbonyl (C=O) groups is 2. The van der Waals surface area contributed by atoms with Crippen LogP contribution in [0.2, 0.25) is 0 Å². The molecule has 0 aromatic heterocycles. The van der Waals surface area contributed by atoms with Gasteiger partial charge in [0.05, 0.1) is 0 Å². The minimum Gasteiger partial charge on any atom is -0.451 e. The maximum Gasteiger partial charge on any atom is 0.349 e. The quantitative estimate of drug-likeness (QED) is 0.356. The number of hydrogen-bond donors (Lipinski definition) is 1. The zero-order valence-electron chi connectivity index (χ0n) is 19.6. The van der Waals surface area contributed by atoms with Crippen LogP contribution in [0, 0.1) is 11.3 Å². The van der Waals surface area contributed by atoms with Crippen molar-refractivity contribution in [3.63, 3.8) is 0 Å². The Labute approximate surface area is 190 Å². The summed E-state index contributed by atoms with van der Waals surface area (Å²) in [5.74, 6) is -0.835. The number of anilines is 2. The van der Waals surface area contributed by atoms with Crippen molar-refractivity contribution < 1.29 is 14.3 Å². The molecule has 0 heterocycles. The highest BCUT2D eigenvalue weighted by atomic mass is 16.5. The number of amides is 1. The van der Waals surface area contributed by atoms with Crippen molar-refractivity contribution in [3.8, 4) is 6.07 Å². The monoisotopic (exact) mass is 433 g/mol. The highest BCUT2D eigenvalue weighted by Crippen LogP contribution is 2.32. The summed E-state index contributed by atoms with van der Waals surface area (Å²) >= 11 is 0. The van der Waals surface area contributed by atoms with Gasteiger partial charge < -0.3 is 15.0 Å². The van der Waals surface area contributed by atoms with Crippen LogP contribution in [-0.2, 0) is 14.3 Å². The van der Waals surface area contributed by atoms with Crippen LogP contribution >= 0.6 is 0 Å². The van der Waals surface area contributed by atoms with Crippen molar-refractivity contribution in [2.45, 2.75) is 39.5 Å². The maximum absolute atomic E-state index is 12.5. The van der Waals surface area contributed by atoms with E-state index < -0.39 is 18.5 Å². The van der Waals surface area contributed by atoms with Crippen molar-refractivity contribution in [1.29, 1.82) is 5.26 Å². The number of benzene rings is 2. The largest absolute Gasteiger partial charge is 0.451 e. The zero-order valence-corrected chi connectivity index (χ0v) is 19.6. The lowest BCUT2D eigenvalue weighted by atomic mass is 9.92. The Balaban J connectivity index is 2.09. The Morgan fingerprint density at radius 1 is 1.03 bits per heavy atom. The first-order chi connectivity index (χ1) is 15.1. The van der Waals surface area contributed by atoms with E-state index in [0.29, 0.717) is 5.56 Å². The van der Waals surface area contributed by atoms with Crippen LogP contribution in [0.5, 0.6) is 0 Å². The Bertz CT molecular complexity index is 1000. The predicted molar refractivity (Wildman–Crippen MR) is 129 cm³/mol. The predicted octanol–water partition coefficient (Wildman–Crippen LogP) is 5.09. The molecular formula is C26H31N3O3. The number of hydrogen-bond acceptors (Lipinski definition) is 5. The molecule has 0 aliphatic carbocycles. The Hall–Kier alpha value is -3.59. The molecule has 1 N–H and O–H groups in total. The van der Waals surface area contributed by atoms with Gasteiger partial charge in [0.2, 0.25) is 0 Å². The second kappa shape index (κ2) is 11.1. The lowest BCUT2D eigenvalue weighted by Crippen LogP contribution is -2.23. The van der Waals surface area contributed by atoms with Gasteiger partial charge in [-0.25, -0.2) is 4.79 Å². The third-order valence-corrected chi connectivity index (χ3v) is 5.03. The molecule has 0 radical (unpaired) electrons. The second-order valence-electron chi connectivity index (χ2n) is 8.40. The van der Waals surface area contributed by atoms with Crippen molar-refractivity contribution in [2.24, 2.45) is 0 Å². The molecule has 32 heavy (non-hydrogen) atoms. The number of nitrogens with zero attached hydrogens (tertiary/aromatic N) is 2. The molecule has 0 fully saturated rings. The van der Waals surface area contributed by atoms with Gasteiger partial charge in [0.25, 0.3) is 5.91 Å². The van der Waals surface area contributed by atoms with E-state index in [1.165, 1.54) is 6.08 Å². The van der Waals surface area contributed by atoms with Crippen LogP contribution in [0.15, 0.2) is 48.0 Å². The SMILES string of the molecule is CC(C)c1cccc(C(C)C)c1NC(=O)COC(=O)/C(C#N)=C/c1ccc(N(C)C)cc1. The molecule has 0 aliphatic heterocycles. The fraction of sp³-hybridized carbons (Fsp3) is 0.346. The molecule has 6 heteroatoms. The molecule has 1 amide bonds. The molecule has 0 unspecified atom stereocenters. The number of para-hydroxylation sites is 1. The number of rotatable bonds is 8. The minimum absolute atomic E-state index is 0.166. The van der Waals surface area contributed by atoms with Gasteiger partial charge in [-0.2, -0.15) is 5.26 Å². The van der Waals surface area contributed by atoms with Crippen LogP contribution in [0.1, 0.15) is 56.2 Å². The van der Waals surface area contributed by atoms with Crippen LogP contribution in [0.25, 0.3) is 6.08 Å². The summed E-state index contributed by atoms with van der Waals surface area (Å²) in [5.41, 5.74) is 4.34. The van der Waals surface area contributed by atoms with E-state index in [2.05, 4.69) is 33.0 Å². The summed E-state index contributed by atoms with van der Waals surface area (Å²) in [6, 6.07) is 15.2. The number of nitrogens with one attached hydrogen (secondary N) is 1. The molecule has 2 rings (SSSR count). The maximum atomic E-state index is 12.5. The highest BCUT2D eigenvalue weighted by Gasteiger charge is 2.18. The van der Waals surface area contributed by atoms with Crippen LogP contribution in [0.4, 0.5) is 11.4 Å². The summed E-state index contributed by atoms with van der Waals surface area (Å²) in [5, 5.41) is 12.3. The van der Waals surface area contributed by atoms with Gasteiger partial charge in [0, 0.05) is 25.5 Å². The Morgan fingerprint density at radius 3 is 2.06 bits per heavy atom. The second-order valence-corrected chi connectivity index (χ2v) is 8.40. The van der Waals surface area contributed by atoms with E-state index in [0.717, 1.165) is 22.5 Å². The number of nitriles is 1. The molecule has 2 aromatic carbocycles. The Kier molecular flexibility index (Phi) is 8.60. The molecule has 6 nitrogen and oxygen atoms in total. The minimum atomic E-state index is -0.833. The lowest BCUT2D eigenvalue weighted by Gasteiger charge is -2.20. The highest BCUT2D eigenvalue weighted by molar-refractivity contribution is 6.00. The number of ether oxygens (including phenoxy) is 1. The van der Waals surface area contributed by atoms with E-state index in [9.17, 15) is 14.9 Å². The van der Waals surface area contributed by atoms with E-state index in [-0.39, 0.29) is 17.4 Å². The van der Waals surface area contributed by atoms with Gasteiger partial charge >= 0.3 is 5.97 Å². The zero-order chi connectivity index (χ0) is 23.8. The summed E-state index contributed by atoms with van der Waals surface area (Å²) in [6.07, 6.45) is 1.45. The lowest BCUT2D eigenvalue weighted by molar-refractivity contribution is -0.142. The van der Waals surface area contributed by atoms with Crippen LogP contribution in [-0.4, -0.2) is 32.6 Å². The molecule has 0 atom stereocenters. The fourth-order valence-electron chi connectivity index (χ4n) is 3.25. The topological polar surface area (TPSA) is 82.4 Å². The molecule has 0 spiro atoms. The summed E-state index contributed by atoms with van der Waals surface area (Å²) in [7, 11) is 3.86. The van der Waals surface area contributed by atoms with Gasteiger partial charge in [-0.1, -0.05) is 58.0 Å². The normalized spacial score (nSPS) is 11.3. The Morgan fingerprint density at radius 2 is 1.59 bits per heavy atom. The van der Waals surface area contributed by atoms with Crippen molar-refractivity contribution >= 4 is 29.3 Å². The smallest absolute Gasteiger partial charge is 0.349 e. The first-order valence-electron chi connectivity index (χ1n) is 10.6. The average Bonchev–Trinajstić information content (AvgIpc) is 2.75. The van der Waals surface area contributed by atoms with E-state index in [1.54, 1.807) is 0 Å². The van der Waals surface area contributed by atoms with E-state index >= 15 is 0 Å². The number of esters is 1. The summed E-state index contributed by atoms with van der Waals surface area (Å²) in [6.45, 7) is 7.77. The van der Waals surface area contributed by atoms with E-state index in [4.69, 9.17) is 4.74 Å². The van der Waals surface area contributed by atoms with Crippen molar-refractivity contribution in [3.05, 3.63) is 64.7 Å².